The SMILES string of the molecule is CCCNC1CCC(CC)CC1Cc1ccccc1OC. The number of hydrogen-bond donors (Lipinski definition) is 1. The Hall–Kier alpha value is -1.02. The van der Waals surface area contributed by atoms with Crippen molar-refractivity contribution >= 4 is 0 Å². The van der Waals surface area contributed by atoms with Crippen LogP contribution in [0, 0.1) is 11.8 Å². The molecule has 1 aromatic rings. The molecule has 1 fully saturated rings. The van der Waals surface area contributed by atoms with Gasteiger partial charge in [0.15, 0.2) is 0 Å². The van der Waals surface area contributed by atoms with Crippen LogP contribution in [0.4, 0.5) is 0 Å². The van der Waals surface area contributed by atoms with Gasteiger partial charge in [0, 0.05) is 6.04 Å². The van der Waals surface area contributed by atoms with Gasteiger partial charge >= 0.3 is 0 Å². The highest BCUT2D eigenvalue weighted by Crippen LogP contribution is 2.35. The summed E-state index contributed by atoms with van der Waals surface area (Å²) in [4.78, 5) is 0. The summed E-state index contributed by atoms with van der Waals surface area (Å²) in [6, 6.07) is 9.18. The maximum absolute atomic E-state index is 5.54. The lowest BCUT2D eigenvalue weighted by Crippen LogP contribution is -2.42. The van der Waals surface area contributed by atoms with Crippen molar-refractivity contribution in [1.82, 2.24) is 5.32 Å². The Morgan fingerprint density at radius 1 is 1.19 bits per heavy atom. The zero-order valence-electron chi connectivity index (χ0n) is 13.9. The number of benzene rings is 1. The predicted octanol–water partition coefficient (Wildman–Crippen LogP) is 4.43. The molecular formula is C19H31NO. The molecule has 2 heteroatoms. The molecule has 0 amide bonds. The van der Waals surface area contributed by atoms with E-state index in [0.29, 0.717) is 6.04 Å². The van der Waals surface area contributed by atoms with Gasteiger partial charge in [-0.05, 0) is 62.1 Å². The number of para-hydroxylation sites is 1. The molecule has 1 saturated carbocycles. The van der Waals surface area contributed by atoms with Crippen LogP contribution in [-0.4, -0.2) is 19.7 Å². The molecule has 2 rings (SSSR count). The van der Waals surface area contributed by atoms with Crippen molar-refractivity contribution in [2.75, 3.05) is 13.7 Å². The number of methoxy groups -OCH3 is 1. The minimum absolute atomic E-state index is 0.678. The number of ether oxygens (including phenoxy) is 1. The van der Waals surface area contributed by atoms with Gasteiger partial charge in [0.05, 0.1) is 7.11 Å². The lowest BCUT2D eigenvalue weighted by atomic mass is 9.74. The highest BCUT2D eigenvalue weighted by molar-refractivity contribution is 5.33. The Bertz CT molecular complexity index is 418. The molecule has 0 bridgehead atoms. The largest absolute Gasteiger partial charge is 0.496 e. The molecule has 1 N–H and O–H groups in total. The summed E-state index contributed by atoms with van der Waals surface area (Å²) in [5.41, 5.74) is 1.37. The number of nitrogens with one attached hydrogen (secondary N) is 1. The third-order valence-corrected chi connectivity index (χ3v) is 5.00. The first-order valence-corrected chi connectivity index (χ1v) is 8.63. The fourth-order valence-corrected chi connectivity index (χ4v) is 3.71. The van der Waals surface area contributed by atoms with Crippen molar-refractivity contribution in [3.63, 3.8) is 0 Å². The molecule has 0 radical (unpaired) electrons. The third kappa shape index (κ3) is 4.47. The first-order valence-electron chi connectivity index (χ1n) is 8.63. The molecule has 2 nitrogen and oxygen atoms in total. The molecule has 0 saturated heterocycles. The van der Waals surface area contributed by atoms with Gasteiger partial charge in [0.2, 0.25) is 0 Å². The van der Waals surface area contributed by atoms with Crippen molar-refractivity contribution in [3.05, 3.63) is 29.8 Å². The number of hydrogen-bond acceptors (Lipinski definition) is 2. The molecule has 0 aliphatic heterocycles. The van der Waals surface area contributed by atoms with Crippen LogP contribution in [0.5, 0.6) is 5.75 Å². The van der Waals surface area contributed by atoms with Gasteiger partial charge in [-0.1, -0.05) is 38.5 Å². The molecule has 1 aromatic carbocycles. The lowest BCUT2D eigenvalue weighted by molar-refractivity contribution is 0.197. The van der Waals surface area contributed by atoms with Gasteiger partial charge in [-0.2, -0.15) is 0 Å². The molecule has 0 heterocycles. The quantitative estimate of drug-likeness (QED) is 0.801. The fourth-order valence-electron chi connectivity index (χ4n) is 3.71. The van der Waals surface area contributed by atoms with E-state index in [0.717, 1.165) is 30.6 Å². The van der Waals surface area contributed by atoms with E-state index >= 15 is 0 Å². The molecule has 1 aliphatic carbocycles. The van der Waals surface area contributed by atoms with Gasteiger partial charge in [-0.15, -0.1) is 0 Å². The molecule has 118 valence electrons. The summed E-state index contributed by atoms with van der Waals surface area (Å²) in [5.74, 6) is 2.70. The Morgan fingerprint density at radius 3 is 2.71 bits per heavy atom. The Kier molecular flexibility index (Phi) is 6.56. The van der Waals surface area contributed by atoms with Gasteiger partial charge in [0.1, 0.15) is 5.75 Å². The Balaban J connectivity index is 2.07. The van der Waals surface area contributed by atoms with Crippen molar-refractivity contribution < 1.29 is 4.74 Å². The van der Waals surface area contributed by atoms with E-state index in [4.69, 9.17) is 4.74 Å². The second-order valence-corrected chi connectivity index (χ2v) is 6.42. The molecule has 0 aromatic heterocycles. The average Bonchev–Trinajstić information content (AvgIpc) is 2.54. The van der Waals surface area contributed by atoms with Gasteiger partial charge < -0.3 is 10.1 Å². The van der Waals surface area contributed by atoms with E-state index < -0.39 is 0 Å². The van der Waals surface area contributed by atoms with Crippen LogP contribution in [0.25, 0.3) is 0 Å². The lowest BCUT2D eigenvalue weighted by Gasteiger charge is -2.37. The van der Waals surface area contributed by atoms with Crippen LogP contribution in [0.2, 0.25) is 0 Å². The summed E-state index contributed by atoms with van der Waals surface area (Å²) in [6.07, 6.45) is 7.76. The van der Waals surface area contributed by atoms with E-state index in [1.165, 1.54) is 37.7 Å². The van der Waals surface area contributed by atoms with Crippen LogP contribution in [0.1, 0.15) is 51.5 Å². The zero-order valence-corrected chi connectivity index (χ0v) is 13.9. The summed E-state index contributed by atoms with van der Waals surface area (Å²) in [7, 11) is 1.78. The topological polar surface area (TPSA) is 21.3 Å². The standard InChI is InChI=1S/C19H31NO/c1-4-12-20-18-11-10-15(5-2)13-17(18)14-16-8-6-7-9-19(16)21-3/h6-9,15,17-18,20H,4-5,10-14H2,1-3H3. The average molecular weight is 289 g/mol. The monoisotopic (exact) mass is 289 g/mol. The van der Waals surface area contributed by atoms with Gasteiger partial charge in [-0.25, -0.2) is 0 Å². The maximum Gasteiger partial charge on any atom is 0.122 e. The minimum atomic E-state index is 0.678. The molecule has 1 aliphatic rings. The smallest absolute Gasteiger partial charge is 0.122 e. The van der Waals surface area contributed by atoms with Crippen molar-refractivity contribution in [3.8, 4) is 5.75 Å². The minimum Gasteiger partial charge on any atom is -0.496 e. The van der Waals surface area contributed by atoms with E-state index in [1.54, 1.807) is 7.11 Å². The Morgan fingerprint density at radius 2 is 2.00 bits per heavy atom. The molecule has 3 unspecified atom stereocenters. The van der Waals surface area contributed by atoms with Gasteiger partial charge in [0.25, 0.3) is 0 Å². The highest BCUT2D eigenvalue weighted by Gasteiger charge is 2.29. The Labute approximate surface area is 130 Å². The van der Waals surface area contributed by atoms with Crippen molar-refractivity contribution in [1.29, 1.82) is 0 Å². The normalized spacial score (nSPS) is 25.8. The first-order chi connectivity index (χ1) is 10.3. The molecular weight excluding hydrogens is 258 g/mol. The zero-order chi connectivity index (χ0) is 15.1. The van der Waals surface area contributed by atoms with Gasteiger partial charge in [-0.3, -0.25) is 0 Å². The second-order valence-electron chi connectivity index (χ2n) is 6.42. The molecule has 0 spiro atoms. The predicted molar refractivity (Wildman–Crippen MR) is 89.9 cm³/mol. The van der Waals surface area contributed by atoms with E-state index in [2.05, 4.69) is 43.4 Å². The van der Waals surface area contributed by atoms with Crippen LogP contribution in [0.15, 0.2) is 24.3 Å². The summed E-state index contributed by atoms with van der Waals surface area (Å²) < 4.78 is 5.54. The van der Waals surface area contributed by atoms with Crippen molar-refractivity contribution in [2.45, 2.75) is 58.4 Å². The van der Waals surface area contributed by atoms with Crippen LogP contribution >= 0.6 is 0 Å². The van der Waals surface area contributed by atoms with Crippen molar-refractivity contribution in [2.24, 2.45) is 11.8 Å². The first kappa shape index (κ1) is 16.4. The maximum atomic E-state index is 5.54. The van der Waals surface area contributed by atoms with E-state index in [-0.39, 0.29) is 0 Å². The second kappa shape index (κ2) is 8.43. The summed E-state index contributed by atoms with van der Waals surface area (Å²) in [6.45, 7) is 5.73. The summed E-state index contributed by atoms with van der Waals surface area (Å²) >= 11 is 0. The van der Waals surface area contributed by atoms with Crippen LogP contribution in [-0.2, 0) is 6.42 Å². The van der Waals surface area contributed by atoms with Crippen LogP contribution < -0.4 is 10.1 Å². The van der Waals surface area contributed by atoms with E-state index in [1.807, 2.05) is 0 Å². The highest BCUT2D eigenvalue weighted by atomic mass is 16.5. The molecule has 21 heavy (non-hydrogen) atoms. The molecule has 3 atom stereocenters. The van der Waals surface area contributed by atoms with E-state index in [9.17, 15) is 0 Å². The summed E-state index contributed by atoms with van der Waals surface area (Å²) in [5, 5.41) is 3.78. The van der Waals surface area contributed by atoms with Crippen LogP contribution in [0.3, 0.4) is 0 Å². The number of rotatable bonds is 7. The third-order valence-electron chi connectivity index (χ3n) is 5.00. The fraction of sp³-hybridized carbons (Fsp3) is 0.684.